The first-order valence-electron chi connectivity index (χ1n) is 5.54. The summed E-state index contributed by atoms with van der Waals surface area (Å²) in [6.07, 6.45) is -6.43. The number of nitrogens with one attached hydrogen (secondary N) is 2. The topological polar surface area (TPSA) is 176 Å². The van der Waals surface area contributed by atoms with Crippen LogP contribution >= 0.6 is 0 Å². The van der Waals surface area contributed by atoms with E-state index in [1.54, 1.807) is 10.6 Å². The van der Waals surface area contributed by atoms with Crippen LogP contribution in [0, 0.1) is 0 Å². The Morgan fingerprint density at radius 1 is 1.10 bits per heavy atom. The quantitative estimate of drug-likeness (QED) is 0.240. The van der Waals surface area contributed by atoms with E-state index in [1.165, 1.54) is 0 Å². The van der Waals surface area contributed by atoms with Crippen LogP contribution in [0.4, 0.5) is 0 Å². The van der Waals surface area contributed by atoms with Gasteiger partial charge < -0.3 is 30.8 Å². The third-order valence-electron chi connectivity index (χ3n) is 2.34. The van der Waals surface area contributed by atoms with Crippen LogP contribution in [0.5, 0.6) is 0 Å². The number of imide groups is 1. The number of amides is 3. The Morgan fingerprint density at radius 2 is 1.60 bits per heavy atom. The molecule has 4 atom stereocenters. The Bertz CT molecular complexity index is 387. The average molecular weight is 294 g/mol. The zero-order valence-corrected chi connectivity index (χ0v) is 10.9. The third kappa shape index (κ3) is 4.51. The minimum Gasteiger partial charge on any atom is -0.394 e. The summed E-state index contributed by atoms with van der Waals surface area (Å²) in [5, 5.41) is 50.3. The van der Waals surface area contributed by atoms with Crippen LogP contribution in [0.3, 0.4) is 0 Å². The lowest BCUT2D eigenvalue weighted by molar-refractivity contribution is -0.187. The fraction of sp³-hybridized carbons (Fsp3) is 0.700. The number of rotatable bonds is 6. The summed E-state index contributed by atoms with van der Waals surface area (Å²) in [7, 11) is 0. The fourth-order valence-corrected chi connectivity index (χ4v) is 1.35. The van der Waals surface area contributed by atoms with Gasteiger partial charge in [0, 0.05) is 13.8 Å². The molecule has 0 spiro atoms. The van der Waals surface area contributed by atoms with Crippen molar-refractivity contribution in [3.05, 3.63) is 0 Å². The normalized spacial score (nSPS) is 18.4. The zero-order chi connectivity index (χ0) is 16.1. The number of hydrogen-bond donors (Lipinski definition) is 7. The molecule has 116 valence electrons. The maximum Gasteiger partial charge on any atom is 0.282 e. The van der Waals surface area contributed by atoms with Gasteiger partial charge in [-0.1, -0.05) is 0 Å². The monoisotopic (exact) mass is 294 g/mol. The highest BCUT2D eigenvalue weighted by Gasteiger charge is 2.49. The molecule has 10 nitrogen and oxygen atoms in total. The van der Waals surface area contributed by atoms with Crippen molar-refractivity contribution in [2.75, 3.05) is 6.61 Å². The molecule has 0 aliphatic rings. The van der Waals surface area contributed by atoms with Crippen molar-refractivity contribution < 1.29 is 39.9 Å². The maximum absolute atomic E-state index is 11.7. The highest BCUT2D eigenvalue weighted by atomic mass is 16.4. The lowest BCUT2D eigenvalue weighted by atomic mass is 9.96. The van der Waals surface area contributed by atoms with Gasteiger partial charge in [0.25, 0.3) is 5.91 Å². The van der Waals surface area contributed by atoms with E-state index < -0.39 is 48.4 Å². The van der Waals surface area contributed by atoms with Crippen molar-refractivity contribution in [1.29, 1.82) is 0 Å². The molecule has 0 rings (SSSR count). The molecule has 0 radical (unpaired) electrons. The summed E-state index contributed by atoms with van der Waals surface area (Å²) in [6.45, 7) is 0.883. The Hall–Kier alpha value is -1.59. The van der Waals surface area contributed by atoms with Gasteiger partial charge in [-0.15, -0.1) is 0 Å². The van der Waals surface area contributed by atoms with Crippen LogP contribution < -0.4 is 10.6 Å². The molecule has 0 aliphatic carbocycles. The Balaban J connectivity index is 5.35. The van der Waals surface area contributed by atoms with E-state index in [9.17, 15) is 34.8 Å². The molecule has 0 aliphatic heterocycles. The molecular formula is C10H18N2O8. The van der Waals surface area contributed by atoms with Crippen LogP contribution in [0.15, 0.2) is 0 Å². The van der Waals surface area contributed by atoms with E-state index in [1.807, 2.05) is 0 Å². The predicted octanol–water partition coefficient (Wildman–Crippen LogP) is -4.45. The van der Waals surface area contributed by atoms with Crippen molar-refractivity contribution in [2.45, 2.75) is 37.9 Å². The van der Waals surface area contributed by atoms with Gasteiger partial charge in [-0.05, 0) is 0 Å². The Kier molecular flexibility index (Phi) is 6.68. The molecule has 20 heavy (non-hydrogen) atoms. The molecule has 10 heteroatoms. The van der Waals surface area contributed by atoms with E-state index in [2.05, 4.69) is 0 Å². The van der Waals surface area contributed by atoms with Gasteiger partial charge in [0.2, 0.25) is 17.5 Å². The number of hydrogen-bond acceptors (Lipinski definition) is 8. The van der Waals surface area contributed by atoms with Crippen molar-refractivity contribution in [3.8, 4) is 0 Å². The van der Waals surface area contributed by atoms with Crippen LogP contribution in [0.25, 0.3) is 0 Å². The second-order valence-electron chi connectivity index (χ2n) is 4.14. The van der Waals surface area contributed by atoms with Gasteiger partial charge in [0.05, 0.1) is 6.61 Å². The van der Waals surface area contributed by atoms with Crippen molar-refractivity contribution in [3.63, 3.8) is 0 Å². The van der Waals surface area contributed by atoms with E-state index >= 15 is 0 Å². The second-order valence-corrected chi connectivity index (χ2v) is 4.14. The zero-order valence-electron chi connectivity index (χ0n) is 10.9. The van der Waals surface area contributed by atoms with Gasteiger partial charge in [-0.25, -0.2) is 0 Å². The average Bonchev–Trinajstić information content (AvgIpc) is 2.34. The summed E-state index contributed by atoms with van der Waals surface area (Å²) < 4.78 is 0. The van der Waals surface area contributed by atoms with Gasteiger partial charge in [-0.2, -0.15) is 0 Å². The van der Waals surface area contributed by atoms with Crippen LogP contribution in [0.2, 0.25) is 0 Å². The molecule has 0 unspecified atom stereocenters. The summed E-state index contributed by atoms with van der Waals surface area (Å²) in [5.41, 5.74) is -3.06. The lowest BCUT2D eigenvalue weighted by Gasteiger charge is -2.35. The molecule has 0 aromatic heterocycles. The first-order chi connectivity index (χ1) is 9.06. The van der Waals surface area contributed by atoms with Crippen molar-refractivity contribution >= 4 is 17.7 Å². The number of aliphatic hydroxyl groups is 5. The van der Waals surface area contributed by atoms with Gasteiger partial charge in [0.15, 0.2) is 0 Å². The largest absolute Gasteiger partial charge is 0.394 e. The van der Waals surface area contributed by atoms with Crippen LogP contribution in [-0.2, 0) is 14.4 Å². The molecule has 0 aromatic carbocycles. The lowest BCUT2D eigenvalue weighted by Crippen LogP contribution is -2.69. The summed E-state index contributed by atoms with van der Waals surface area (Å²) >= 11 is 0. The first kappa shape index (κ1) is 18.4. The molecule has 0 saturated carbocycles. The van der Waals surface area contributed by atoms with E-state index in [0.717, 1.165) is 13.8 Å². The molecule has 7 N–H and O–H groups in total. The molecule has 0 saturated heterocycles. The number of carbonyl (C=O) groups excluding carboxylic acids is 3. The molecule has 0 bridgehead atoms. The minimum atomic E-state index is -3.06. The minimum absolute atomic E-state index is 0.886. The maximum atomic E-state index is 11.7. The molecule has 0 aromatic rings. The Morgan fingerprint density at radius 3 is 1.95 bits per heavy atom. The smallest absolute Gasteiger partial charge is 0.282 e. The second kappa shape index (κ2) is 7.26. The van der Waals surface area contributed by atoms with E-state index in [4.69, 9.17) is 5.11 Å². The van der Waals surface area contributed by atoms with Crippen molar-refractivity contribution in [2.24, 2.45) is 0 Å². The van der Waals surface area contributed by atoms with E-state index in [0.29, 0.717) is 0 Å². The van der Waals surface area contributed by atoms with E-state index in [-0.39, 0.29) is 0 Å². The number of aliphatic hydroxyl groups excluding tert-OH is 4. The van der Waals surface area contributed by atoms with Crippen LogP contribution in [-0.4, -0.2) is 73.9 Å². The highest BCUT2D eigenvalue weighted by Crippen LogP contribution is 2.14. The molecule has 0 fully saturated rings. The highest BCUT2D eigenvalue weighted by molar-refractivity contribution is 6.00. The number of carbonyl (C=O) groups is 3. The third-order valence-corrected chi connectivity index (χ3v) is 2.34. The predicted molar refractivity (Wildman–Crippen MR) is 62.7 cm³/mol. The molecule has 0 heterocycles. The van der Waals surface area contributed by atoms with Crippen molar-refractivity contribution in [1.82, 2.24) is 10.6 Å². The first-order valence-corrected chi connectivity index (χ1v) is 5.54. The van der Waals surface area contributed by atoms with Crippen LogP contribution in [0.1, 0.15) is 13.8 Å². The fourth-order valence-electron chi connectivity index (χ4n) is 1.35. The standard InChI is InChI=1S/C10H18N2O8/c1-4(14)11-9(19)10(20,12-5(2)15)8(18)7(17)6(16)3-13/h6-8,13,16-18,20H,3H2,1-2H3,(H,12,15)(H,11,14,19)/t6-,7+,8+,10-/m1/s1. The van der Waals surface area contributed by atoms with Gasteiger partial charge >= 0.3 is 0 Å². The summed E-state index contributed by atoms with van der Waals surface area (Å²) in [5.74, 6) is -3.34. The molecular weight excluding hydrogens is 276 g/mol. The van der Waals surface area contributed by atoms with Gasteiger partial charge in [0.1, 0.15) is 18.3 Å². The summed E-state index contributed by atoms with van der Waals surface area (Å²) in [6, 6.07) is 0. The molecule has 3 amide bonds. The summed E-state index contributed by atoms with van der Waals surface area (Å²) in [4.78, 5) is 33.4. The van der Waals surface area contributed by atoms with Gasteiger partial charge in [-0.3, -0.25) is 19.7 Å². The SMILES string of the molecule is CC(=O)NC(=O)[C@@](O)(NC(C)=O)[C@@H](O)[C@@H](O)[C@H](O)CO. The Labute approximate surface area is 114 Å².